The molecule has 0 aliphatic rings. The van der Waals surface area contributed by atoms with Crippen LogP contribution in [0.25, 0.3) is 0 Å². The van der Waals surface area contributed by atoms with Crippen LogP contribution in [-0.4, -0.2) is 29.9 Å². The molecule has 0 heterocycles. The highest BCUT2D eigenvalue weighted by Crippen LogP contribution is 2.24. The molecule has 0 atom stereocenters. The van der Waals surface area contributed by atoms with Gasteiger partial charge in [-0.15, -0.1) is 0 Å². The van der Waals surface area contributed by atoms with Gasteiger partial charge in [-0.3, -0.25) is 9.59 Å². The maximum atomic E-state index is 12.8. The van der Waals surface area contributed by atoms with Crippen LogP contribution < -0.4 is 5.73 Å². The SMILES string of the molecule is CCOC(=O)CN(Cc1c(N)cccc1Cl)C(=O)c1ccc(Cl)cc1. The van der Waals surface area contributed by atoms with Crippen molar-refractivity contribution in [3.63, 3.8) is 0 Å². The van der Waals surface area contributed by atoms with E-state index in [4.69, 9.17) is 33.7 Å². The van der Waals surface area contributed by atoms with Crippen LogP contribution in [0, 0.1) is 0 Å². The third-order valence-corrected chi connectivity index (χ3v) is 4.11. The molecule has 0 aromatic heterocycles. The fourth-order valence-electron chi connectivity index (χ4n) is 2.27. The number of ether oxygens (including phenoxy) is 1. The number of anilines is 1. The number of hydrogen-bond acceptors (Lipinski definition) is 4. The molecule has 132 valence electrons. The van der Waals surface area contributed by atoms with Crippen LogP contribution in [0.2, 0.25) is 10.0 Å². The summed E-state index contributed by atoms with van der Waals surface area (Å²) in [5.41, 5.74) is 7.39. The standard InChI is InChI=1S/C18H18Cl2N2O3/c1-2-25-17(23)11-22(10-14-15(20)4-3-5-16(14)21)18(24)12-6-8-13(19)9-7-12/h3-9H,2,10-11,21H2,1H3. The van der Waals surface area contributed by atoms with Gasteiger partial charge in [0.25, 0.3) is 5.91 Å². The van der Waals surface area contributed by atoms with Crippen molar-refractivity contribution in [2.45, 2.75) is 13.5 Å². The Morgan fingerprint density at radius 2 is 1.80 bits per heavy atom. The molecule has 7 heteroatoms. The van der Waals surface area contributed by atoms with E-state index in [1.807, 2.05) is 0 Å². The van der Waals surface area contributed by atoms with Crippen LogP contribution in [0.4, 0.5) is 5.69 Å². The van der Waals surface area contributed by atoms with E-state index in [2.05, 4.69) is 0 Å². The molecule has 2 rings (SSSR count). The number of benzene rings is 2. The average molecular weight is 381 g/mol. The lowest BCUT2D eigenvalue weighted by atomic mass is 10.1. The van der Waals surface area contributed by atoms with Crippen LogP contribution >= 0.6 is 23.2 Å². The summed E-state index contributed by atoms with van der Waals surface area (Å²) in [6.45, 7) is 1.82. The smallest absolute Gasteiger partial charge is 0.325 e. The molecule has 0 aliphatic heterocycles. The van der Waals surface area contributed by atoms with Gasteiger partial charge in [0.15, 0.2) is 0 Å². The van der Waals surface area contributed by atoms with Gasteiger partial charge in [-0.05, 0) is 43.3 Å². The van der Waals surface area contributed by atoms with Crippen molar-refractivity contribution in [2.75, 3.05) is 18.9 Å². The number of amides is 1. The Bertz CT molecular complexity index is 743. The quantitative estimate of drug-likeness (QED) is 0.611. The molecule has 0 bridgehead atoms. The van der Waals surface area contributed by atoms with Gasteiger partial charge in [-0.2, -0.15) is 0 Å². The fraction of sp³-hybridized carbons (Fsp3) is 0.222. The van der Waals surface area contributed by atoms with Crippen molar-refractivity contribution in [3.05, 3.63) is 63.6 Å². The predicted octanol–water partition coefficient (Wildman–Crippen LogP) is 3.78. The van der Waals surface area contributed by atoms with Gasteiger partial charge < -0.3 is 15.4 Å². The molecule has 5 nitrogen and oxygen atoms in total. The molecule has 25 heavy (non-hydrogen) atoms. The van der Waals surface area contributed by atoms with Crippen LogP contribution in [0.3, 0.4) is 0 Å². The van der Waals surface area contributed by atoms with Gasteiger partial charge in [0.2, 0.25) is 0 Å². The molecule has 0 radical (unpaired) electrons. The van der Waals surface area contributed by atoms with Gasteiger partial charge >= 0.3 is 5.97 Å². The molecule has 0 saturated heterocycles. The van der Waals surface area contributed by atoms with E-state index in [9.17, 15) is 9.59 Å². The predicted molar refractivity (Wildman–Crippen MR) is 98.7 cm³/mol. The Labute approximate surface area is 156 Å². The summed E-state index contributed by atoms with van der Waals surface area (Å²) >= 11 is 12.1. The number of hydrogen-bond donors (Lipinski definition) is 1. The number of nitrogen functional groups attached to an aromatic ring is 1. The molecule has 1 amide bonds. The zero-order chi connectivity index (χ0) is 18.4. The Kier molecular flexibility index (Phi) is 6.67. The van der Waals surface area contributed by atoms with Gasteiger partial charge in [0.05, 0.1) is 13.2 Å². The second-order valence-corrected chi connectivity index (χ2v) is 6.12. The minimum absolute atomic E-state index is 0.0891. The maximum Gasteiger partial charge on any atom is 0.325 e. The van der Waals surface area contributed by atoms with Crippen molar-refractivity contribution in [1.29, 1.82) is 0 Å². The first-order valence-corrected chi connectivity index (χ1v) is 8.41. The van der Waals surface area contributed by atoms with Crippen LogP contribution in [-0.2, 0) is 16.1 Å². The molecule has 0 aliphatic carbocycles. The molecular formula is C18H18Cl2N2O3. The third kappa shape index (κ3) is 5.11. The summed E-state index contributed by atoms with van der Waals surface area (Å²) in [7, 11) is 0. The molecule has 2 N–H and O–H groups in total. The highest BCUT2D eigenvalue weighted by atomic mass is 35.5. The summed E-state index contributed by atoms with van der Waals surface area (Å²) in [5, 5.41) is 0.946. The number of carbonyl (C=O) groups excluding carboxylic acids is 2. The lowest BCUT2D eigenvalue weighted by molar-refractivity contribution is -0.143. The molecule has 0 saturated carbocycles. The molecule has 0 spiro atoms. The zero-order valence-corrected chi connectivity index (χ0v) is 15.2. The number of nitrogens with two attached hydrogens (primary N) is 1. The highest BCUT2D eigenvalue weighted by molar-refractivity contribution is 6.31. The van der Waals surface area contributed by atoms with E-state index >= 15 is 0 Å². The van der Waals surface area contributed by atoms with E-state index in [0.717, 1.165) is 0 Å². The van der Waals surface area contributed by atoms with Gasteiger partial charge in [0.1, 0.15) is 6.54 Å². The van der Waals surface area contributed by atoms with E-state index in [1.165, 1.54) is 4.90 Å². The normalized spacial score (nSPS) is 10.4. The zero-order valence-electron chi connectivity index (χ0n) is 13.7. The van der Waals surface area contributed by atoms with E-state index in [-0.39, 0.29) is 25.6 Å². The first-order valence-electron chi connectivity index (χ1n) is 7.65. The van der Waals surface area contributed by atoms with Crippen molar-refractivity contribution in [3.8, 4) is 0 Å². The fourth-order valence-corrected chi connectivity index (χ4v) is 2.64. The first-order chi connectivity index (χ1) is 11.9. The molecule has 0 unspecified atom stereocenters. The van der Waals surface area contributed by atoms with Crippen molar-refractivity contribution in [2.24, 2.45) is 0 Å². The summed E-state index contributed by atoms with van der Waals surface area (Å²) in [4.78, 5) is 26.1. The van der Waals surface area contributed by atoms with Crippen LogP contribution in [0.15, 0.2) is 42.5 Å². The maximum absolute atomic E-state index is 12.8. The van der Waals surface area contributed by atoms with Gasteiger partial charge in [-0.25, -0.2) is 0 Å². The topological polar surface area (TPSA) is 72.6 Å². The average Bonchev–Trinajstić information content (AvgIpc) is 2.57. The number of rotatable bonds is 6. The Morgan fingerprint density at radius 3 is 2.40 bits per heavy atom. The summed E-state index contributed by atoms with van der Waals surface area (Å²) in [5.74, 6) is -0.848. The Hall–Kier alpha value is -2.24. The molecule has 0 fully saturated rings. The van der Waals surface area contributed by atoms with Gasteiger partial charge in [-0.1, -0.05) is 29.3 Å². The number of halogens is 2. The first kappa shape index (κ1) is 19.1. The molecular weight excluding hydrogens is 363 g/mol. The summed E-state index contributed by atoms with van der Waals surface area (Å²) in [6, 6.07) is 11.5. The second kappa shape index (κ2) is 8.74. The summed E-state index contributed by atoms with van der Waals surface area (Å²) in [6.07, 6.45) is 0. The lowest BCUT2D eigenvalue weighted by Crippen LogP contribution is -2.36. The Balaban J connectivity index is 2.30. The van der Waals surface area contributed by atoms with Crippen LogP contribution in [0.5, 0.6) is 0 Å². The lowest BCUT2D eigenvalue weighted by Gasteiger charge is -2.23. The van der Waals surface area contributed by atoms with E-state index in [1.54, 1.807) is 49.4 Å². The van der Waals surface area contributed by atoms with Crippen molar-refractivity contribution >= 4 is 40.8 Å². The molecule has 2 aromatic rings. The number of esters is 1. The molecule has 2 aromatic carbocycles. The van der Waals surface area contributed by atoms with Crippen molar-refractivity contribution < 1.29 is 14.3 Å². The summed E-state index contributed by atoms with van der Waals surface area (Å²) < 4.78 is 4.96. The third-order valence-electron chi connectivity index (χ3n) is 3.51. The van der Waals surface area contributed by atoms with E-state index in [0.29, 0.717) is 26.9 Å². The minimum atomic E-state index is -0.504. The monoisotopic (exact) mass is 380 g/mol. The van der Waals surface area contributed by atoms with E-state index < -0.39 is 5.97 Å². The number of nitrogens with zero attached hydrogens (tertiary/aromatic N) is 1. The minimum Gasteiger partial charge on any atom is -0.465 e. The Morgan fingerprint density at radius 1 is 1.12 bits per heavy atom. The highest BCUT2D eigenvalue weighted by Gasteiger charge is 2.22. The van der Waals surface area contributed by atoms with Crippen molar-refractivity contribution in [1.82, 2.24) is 4.90 Å². The largest absolute Gasteiger partial charge is 0.465 e. The number of carbonyl (C=O) groups is 2. The van der Waals surface area contributed by atoms with Gasteiger partial charge in [0, 0.05) is 26.9 Å². The second-order valence-electron chi connectivity index (χ2n) is 5.28. The van der Waals surface area contributed by atoms with Crippen LogP contribution in [0.1, 0.15) is 22.8 Å².